The highest BCUT2D eigenvalue weighted by Gasteiger charge is 2.36. The Morgan fingerprint density at radius 3 is 2.32 bits per heavy atom. The van der Waals surface area contributed by atoms with E-state index in [1.807, 2.05) is 55.5 Å². The van der Waals surface area contributed by atoms with Crippen molar-refractivity contribution in [3.63, 3.8) is 0 Å². The zero-order chi connectivity index (χ0) is 27.4. The maximum atomic E-state index is 14.1. The quantitative estimate of drug-likeness (QED) is 0.379. The number of nitrogens with zero attached hydrogens (tertiary/aromatic N) is 2. The van der Waals surface area contributed by atoms with E-state index < -0.39 is 17.9 Å². The first kappa shape index (κ1) is 27.3. The molecule has 4 rings (SSSR count). The Morgan fingerprint density at radius 2 is 1.76 bits per heavy atom. The topological polar surface area (TPSA) is 141 Å². The van der Waals surface area contributed by atoms with Crippen molar-refractivity contribution >= 4 is 40.6 Å². The molecule has 1 saturated heterocycles. The van der Waals surface area contributed by atoms with Gasteiger partial charge in [0.2, 0.25) is 5.91 Å². The summed E-state index contributed by atoms with van der Waals surface area (Å²) in [5, 5.41) is 2.99. The molecule has 1 aromatic heterocycles. The van der Waals surface area contributed by atoms with Crippen LogP contribution >= 0.6 is 11.5 Å². The minimum atomic E-state index is -1.02. The molecule has 2 atom stereocenters. The van der Waals surface area contributed by atoms with E-state index in [1.165, 1.54) is 4.90 Å². The van der Waals surface area contributed by atoms with E-state index in [0.717, 1.165) is 35.5 Å². The van der Waals surface area contributed by atoms with Crippen LogP contribution in [0.5, 0.6) is 0 Å². The van der Waals surface area contributed by atoms with Crippen LogP contribution in [0, 0.1) is 6.92 Å². The second kappa shape index (κ2) is 11.7. The van der Waals surface area contributed by atoms with Gasteiger partial charge >= 0.3 is 0 Å². The molecule has 9 nitrogen and oxygen atoms in total. The van der Waals surface area contributed by atoms with Gasteiger partial charge in [0.05, 0.1) is 11.8 Å². The van der Waals surface area contributed by atoms with Gasteiger partial charge in [-0.25, -0.2) is 0 Å². The van der Waals surface area contributed by atoms with Gasteiger partial charge in [0, 0.05) is 18.8 Å². The smallest absolute Gasteiger partial charge is 0.273 e. The second-order valence-electron chi connectivity index (χ2n) is 9.75. The highest BCUT2D eigenvalue weighted by atomic mass is 32.1. The number of ether oxygens (including phenoxy) is 1. The number of nitrogens with two attached hydrogens (primary N) is 2. The van der Waals surface area contributed by atoms with Crippen LogP contribution in [0.2, 0.25) is 0 Å². The molecule has 2 aromatic carbocycles. The number of benzene rings is 2. The minimum absolute atomic E-state index is 0.0378. The summed E-state index contributed by atoms with van der Waals surface area (Å²) in [5.41, 5.74) is 14.5. The van der Waals surface area contributed by atoms with Crippen LogP contribution in [0.3, 0.4) is 0 Å². The molecular formula is C28H33N5O4S. The maximum absolute atomic E-state index is 14.1. The van der Waals surface area contributed by atoms with E-state index in [9.17, 15) is 14.4 Å². The van der Waals surface area contributed by atoms with Crippen molar-refractivity contribution in [2.75, 3.05) is 23.8 Å². The fourth-order valence-corrected chi connectivity index (χ4v) is 5.17. The first-order chi connectivity index (χ1) is 18.2. The summed E-state index contributed by atoms with van der Waals surface area (Å²) in [5.74, 6) is -1.45. The number of hydrogen-bond acceptors (Lipinski definition) is 7. The Morgan fingerprint density at radius 1 is 1.11 bits per heavy atom. The number of aromatic nitrogens is 1. The summed E-state index contributed by atoms with van der Waals surface area (Å²) in [6.45, 7) is 7.11. The zero-order valence-electron chi connectivity index (χ0n) is 21.8. The molecule has 1 aliphatic heterocycles. The minimum Gasteiger partial charge on any atom is -0.395 e. The normalized spacial score (nSPS) is 15.8. The molecule has 3 amide bonds. The first-order valence-electron chi connectivity index (χ1n) is 12.6. The van der Waals surface area contributed by atoms with Gasteiger partial charge in [-0.2, -0.15) is 4.37 Å². The van der Waals surface area contributed by atoms with Gasteiger partial charge in [0.15, 0.2) is 5.69 Å². The number of rotatable bonds is 9. The third kappa shape index (κ3) is 5.87. The number of amides is 3. The predicted octanol–water partition coefficient (Wildman–Crippen LogP) is 3.94. The van der Waals surface area contributed by atoms with Crippen LogP contribution in [-0.2, 0) is 9.53 Å². The molecule has 5 N–H and O–H groups in total. The van der Waals surface area contributed by atoms with Crippen LogP contribution in [0.4, 0.5) is 11.4 Å². The average molecular weight is 536 g/mol. The molecule has 0 bridgehead atoms. The van der Waals surface area contributed by atoms with E-state index in [1.54, 1.807) is 0 Å². The first-order valence-corrected chi connectivity index (χ1v) is 13.4. The molecule has 0 radical (unpaired) electrons. The summed E-state index contributed by atoms with van der Waals surface area (Å²) in [7, 11) is 0. The third-order valence-electron chi connectivity index (χ3n) is 6.64. The van der Waals surface area contributed by atoms with Gasteiger partial charge in [-0.05, 0) is 60.5 Å². The zero-order valence-corrected chi connectivity index (χ0v) is 22.6. The maximum Gasteiger partial charge on any atom is 0.273 e. The molecule has 3 aromatic rings. The Kier molecular flexibility index (Phi) is 8.43. The van der Waals surface area contributed by atoms with Gasteiger partial charge < -0.3 is 21.5 Å². The number of carbonyl (C=O) groups is 3. The van der Waals surface area contributed by atoms with Crippen molar-refractivity contribution in [1.82, 2.24) is 9.69 Å². The number of nitrogens with one attached hydrogen (secondary N) is 1. The Bertz CT molecular complexity index is 1300. The molecule has 0 aliphatic carbocycles. The summed E-state index contributed by atoms with van der Waals surface area (Å²) in [6, 6.07) is 13.9. The van der Waals surface area contributed by atoms with Crippen LogP contribution in [0.1, 0.15) is 75.5 Å². The number of carbonyl (C=O) groups excluding carboxylic acids is 3. The van der Waals surface area contributed by atoms with Crippen molar-refractivity contribution in [2.24, 2.45) is 5.73 Å². The lowest BCUT2D eigenvalue weighted by molar-refractivity contribution is -0.123. The van der Waals surface area contributed by atoms with Crippen molar-refractivity contribution < 1.29 is 19.1 Å². The molecule has 200 valence electrons. The molecule has 2 heterocycles. The SMILES string of the molecule is Cc1ccc([C@H](C(=O)NC[C@H]2CCCO2)N(C(=O)c2snc(C(N)=O)c2N)c2ccc(C(C)C)cc2)cc1. The summed E-state index contributed by atoms with van der Waals surface area (Å²) < 4.78 is 9.69. The standard InChI is InChI=1S/C28H33N5O4S/c1-16(2)18-10-12-20(13-11-18)33(28(36)25-22(29)23(26(30)34)32-38-25)24(19-8-6-17(3)7-9-19)27(35)31-15-21-5-4-14-37-21/h6-13,16,21,24H,4-5,14-15,29H2,1-3H3,(H2,30,34)(H,31,35)/t21-,24-/m1/s1. The van der Waals surface area contributed by atoms with Crippen LogP contribution in [-0.4, -0.2) is 41.4 Å². The Hall–Kier alpha value is -3.76. The molecule has 0 saturated carbocycles. The summed E-state index contributed by atoms with van der Waals surface area (Å²) >= 11 is 0.785. The van der Waals surface area contributed by atoms with Gasteiger partial charge in [-0.3, -0.25) is 19.3 Å². The van der Waals surface area contributed by atoms with Gasteiger partial charge in [-0.15, -0.1) is 0 Å². The number of hydrogen-bond donors (Lipinski definition) is 3. The van der Waals surface area contributed by atoms with Crippen molar-refractivity contribution in [2.45, 2.75) is 51.7 Å². The lowest BCUT2D eigenvalue weighted by Gasteiger charge is -2.32. The second-order valence-corrected chi connectivity index (χ2v) is 10.5. The molecular weight excluding hydrogens is 502 g/mol. The van der Waals surface area contributed by atoms with Crippen LogP contribution < -0.4 is 21.7 Å². The van der Waals surface area contributed by atoms with Crippen LogP contribution in [0.25, 0.3) is 0 Å². The molecule has 0 spiro atoms. The number of anilines is 2. The Balaban J connectivity index is 1.81. The number of nitrogen functional groups attached to an aromatic ring is 1. The molecule has 0 unspecified atom stereocenters. The van der Waals surface area contributed by atoms with E-state index in [2.05, 4.69) is 23.5 Å². The van der Waals surface area contributed by atoms with Gasteiger partial charge in [0.25, 0.3) is 11.8 Å². The van der Waals surface area contributed by atoms with Gasteiger partial charge in [-0.1, -0.05) is 55.8 Å². The average Bonchev–Trinajstić information content (AvgIpc) is 3.56. The molecule has 38 heavy (non-hydrogen) atoms. The Labute approximate surface area is 226 Å². The molecule has 10 heteroatoms. The van der Waals surface area contributed by atoms with Crippen molar-refractivity contribution in [1.29, 1.82) is 0 Å². The summed E-state index contributed by atoms with van der Waals surface area (Å²) in [4.78, 5) is 41.2. The molecule has 1 fully saturated rings. The number of primary amides is 1. The van der Waals surface area contributed by atoms with E-state index >= 15 is 0 Å². The lowest BCUT2D eigenvalue weighted by Crippen LogP contribution is -2.45. The fourth-order valence-electron chi connectivity index (χ4n) is 4.42. The third-order valence-corrected chi connectivity index (χ3v) is 7.49. The van der Waals surface area contributed by atoms with Crippen molar-refractivity contribution in [3.05, 3.63) is 75.8 Å². The fraction of sp³-hybridized carbons (Fsp3) is 0.357. The summed E-state index contributed by atoms with van der Waals surface area (Å²) in [6.07, 6.45) is 1.74. The van der Waals surface area contributed by atoms with E-state index in [-0.39, 0.29) is 34.2 Å². The van der Waals surface area contributed by atoms with E-state index in [4.69, 9.17) is 16.2 Å². The highest BCUT2D eigenvalue weighted by molar-refractivity contribution is 7.09. The largest absolute Gasteiger partial charge is 0.395 e. The lowest BCUT2D eigenvalue weighted by atomic mass is 9.99. The van der Waals surface area contributed by atoms with Crippen molar-refractivity contribution in [3.8, 4) is 0 Å². The predicted molar refractivity (Wildman–Crippen MR) is 148 cm³/mol. The molecule has 1 aliphatic rings. The monoisotopic (exact) mass is 535 g/mol. The van der Waals surface area contributed by atoms with E-state index in [0.29, 0.717) is 24.4 Å². The van der Waals surface area contributed by atoms with Gasteiger partial charge in [0.1, 0.15) is 10.9 Å². The van der Waals surface area contributed by atoms with Crippen LogP contribution in [0.15, 0.2) is 48.5 Å². The highest BCUT2D eigenvalue weighted by Crippen LogP contribution is 2.34. The number of aryl methyl sites for hydroxylation is 1.